The van der Waals surface area contributed by atoms with E-state index in [1.165, 1.54) is 5.56 Å². The molecule has 1 unspecified atom stereocenters. The second kappa shape index (κ2) is 5.65. The molecule has 18 heavy (non-hydrogen) atoms. The van der Waals surface area contributed by atoms with Crippen LogP contribution in [0.3, 0.4) is 0 Å². The van der Waals surface area contributed by atoms with E-state index in [-0.39, 0.29) is 11.2 Å². The van der Waals surface area contributed by atoms with E-state index in [1.807, 2.05) is 36.9 Å². The normalized spacial score (nSPS) is 16.9. The summed E-state index contributed by atoms with van der Waals surface area (Å²) in [4.78, 5) is 15.2. The summed E-state index contributed by atoms with van der Waals surface area (Å²) in [5.41, 5.74) is 7.88. The van der Waals surface area contributed by atoms with Crippen LogP contribution in [0.25, 0.3) is 0 Å². The monoisotopic (exact) mass is 264 g/mol. The van der Waals surface area contributed by atoms with Crippen LogP contribution in [0.1, 0.15) is 25.3 Å². The number of nitrogens with zero attached hydrogens (tertiary/aromatic N) is 1. The smallest absolute Gasteiger partial charge is 0.235 e. The fourth-order valence-corrected chi connectivity index (χ4v) is 3.27. The van der Waals surface area contributed by atoms with Gasteiger partial charge in [0, 0.05) is 23.7 Å². The molecule has 1 aliphatic rings. The zero-order valence-corrected chi connectivity index (χ0v) is 11.8. The Hall–Kier alpha value is -1.16. The lowest BCUT2D eigenvalue weighted by Gasteiger charge is -2.20. The van der Waals surface area contributed by atoms with E-state index in [0.29, 0.717) is 0 Å². The molecule has 1 amide bonds. The van der Waals surface area contributed by atoms with Gasteiger partial charge in [-0.15, -0.1) is 11.8 Å². The Bertz CT molecular complexity index is 441. The number of aryl methyl sites for hydroxylation is 1. The maximum Gasteiger partial charge on any atom is 0.235 e. The Morgan fingerprint density at radius 2 is 2.06 bits per heavy atom. The van der Waals surface area contributed by atoms with Crippen LogP contribution in [0.2, 0.25) is 0 Å². The molecular formula is C14H20N2OS. The van der Waals surface area contributed by atoms with Crippen LogP contribution in [0.15, 0.2) is 23.1 Å². The first kappa shape index (κ1) is 13.3. The number of thioether (sulfide) groups is 1. The van der Waals surface area contributed by atoms with Crippen molar-refractivity contribution < 1.29 is 4.79 Å². The van der Waals surface area contributed by atoms with Crippen LogP contribution in [0, 0.1) is 6.92 Å². The molecule has 1 fully saturated rings. The number of likely N-dealkylation sites (tertiary alicyclic amines) is 1. The summed E-state index contributed by atoms with van der Waals surface area (Å²) in [7, 11) is 0. The zero-order chi connectivity index (χ0) is 13.1. The highest BCUT2D eigenvalue weighted by atomic mass is 32.2. The van der Waals surface area contributed by atoms with Crippen molar-refractivity contribution in [2.45, 2.75) is 36.8 Å². The number of hydrogen-bond donors (Lipinski definition) is 1. The van der Waals surface area contributed by atoms with Gasteiger partial charge in [0.25, 0.3) is 0 Å². The molecular weight excluding hydrogens is 244 g/mol. The van der Waals surface area contributed by atoms with Gasteiger partial charge >= 0.3 is 0 Å². The minimum atomic E-state index is -0.0628. The van der Waals surface area contributed by atoms with Crippen molar-refractivity contribution in [3.05, 3.63) is 23.8 Å². The van der Waals surface area contributed by atoms with Crippen molar-refractivity contribution in [3.8, 4) is 0 Å². The third-order valence-corrected chi connectivity index (χ3v) is 4.40. The number of rotatable bonds is 3. The molecule has 1 heterocycles. The van der Waals surface area contributed by atoms with Crippen LogP contribution in [-0.4, -0.2) is 29.1 Å². The number of nitrogen functional groups attached to an aromatic ring is 1. The Morgan fingerprint density at radius 3 is 2.72 bits per heavy atom. The van der Waals surface area contributed by atoms with Gasteiger partial charge in [-0.05, 0) is 44.4 Å². The molecule has 98 valence electrons. The quantitative estimate of drug-likeness (QED) is 0.674. The molecule has 1 atom stereocenters. The number of carbonyl (C=O) groups is 1. The van der Waals surface area contributed by atoms with E-state index in [4.69, 9.17) is 5.73 Å². The van der Waals surface area contributed by atoms with Crippen molar-refractivity contribution in [1.82, 2.24) is 4.90 Å². The Morgan fingerprint density at radius 1 is 1.39 bits per heavy atom. The summed E-state index contributed by atoms with van der Waals surface area (Å²) in [6.07, 6.45) is 2.27. The number of anilines is 1. The summed E-state index contributed by atoms with van der Waals surface area (Å²) < 4.78 is 0. The van der Waals surface area contributed by atoms with Gasteiger partial charge in [0.15, 0.2) is 0 Å². The van der Waals surface area contributed by atoms with E-state index in [9.17, 15) is 4.79 Å². The average molecular weight is 264 g/mol. The maximum atomic E-state index is 12.2. The van der Waals surface area contributed by atoms with Crippen molar-refractivity contribution in [2.75, 3.05) is 18.8 Å². The number of nitrogens with two attached hydrogens (primary N) is 1. The van der Waals surface area contributed by atoms with Gasteiger partial charge in [-0.2, -0.15) is 0 Å². The molecule has 1 aromatic rings. The fourth-order valence-electron chi connectivity index (χ4n) is 2.18. The highest BCUT2D eigenvalue weighted by Crippen LogP contribution is 2.30. The van der Waals surface area contributed by atoms with Gasteiger partial charge in [0.05, 0.1) is 5.25 Å². The van der Waals surface area contributed by atoms with Crippen LogP contribution in [-0.2, 0) is 4.79 Å². The SMILES string of the molecule is Cc1ccc(N)c(SC(C)C(=O)N2CCCC2)c1. The molecule has 0 aromatic heterocycles. The van der Waals surface area contributed by atoms with Crippen molar-refractivity contribution in [1.29, 1.82) is 0 Å². The van der Waals surface area contributed by atoms with Gasteiger partial charge in [0.2, 0.25) is 5.91 Å². The molecule has 1 saturated heterocycles. The van der Waals surface area contributed by atoms with Crippen LogP contribution in [0.5, 0.6) is 0 Å². The first-order valence-electron chi connectivity index (χ1n) is 6.39. The minimum absolute atomic E-state index is 0.0628. The second-order valence-corrected chi connectivity index (χ2v) is 6.22. The van der Waals surface area contributed by atoms with Gasteiger partial charge in [-0.3, -0.25) is 4.79 Å². The van der Waals surface area contributed by atoms with Crippen LogP contribution in [0.4, 0.5) is 5.69 Å². The average Bonchev–Trinajstić information content (AvgIpc) is 2.86. The Balaban J connectivity index is 2.03. The highest BCUT2D eigenvalue weighted by Gasteiger charge is 2.24. The second-order valence-electron chi connectivity index (χ2n) is 4.83. The first-order chi connectivity index (χ1) is 8.58. The predicted molar refractivity (Wildman–Crippen MR) is 76.7 cm³/mol. The number of amides is 1. The van der Waals surface area contributed by atoms with E-state index in [0.717, 1.165) is 36.5 Å². The largest absolute Gasteiger partial charge is 0.398 e. The molecule has 3 nitrogen and oxygen atoms in total. The highest BCUT2D eigenvalue weighted by molar-refractivity contribution is 8.00. The van der Waals surface area contributed by atoms with Gasteiger partial charge in [0.1, 0.15) is 0 Å². The molecule has 2 rings (SSSR count). The lowest BCUT2D eigenvalue weighted by molar-refractivity contribution is -0.129. The molecule has 0 bridgehead atoms. The predicted octanol–water partition coefficient (Wildman–Crippen LogP) is 2.68. The standard InChI is InChI=1S/C14H20N2OS/c1-10-5-6-12(15)13(9-10)18-11(2)14(17)16-7-3-4-8-16/h5-6,9,11H,3-4,7-8,15H2,1-2H3. The molecule has 0 saturated carbocycles. The number of benzene rings is 1. The minimum Gasteiger partial charge on any atom is -0.398 e. The third-order valence-electron chi connectivity index (χ3n) is 3.24. The molecule has 1 aliphatic heterocycles. The molecule has 0 aliphatic carbocycles. The van der Waals surface area contributed by atoms with Crippen molar-refractivity contribution in [2.24, 2.45) is 0 Å². The lowest BCUT2D eigenvalue weighted by Crippen LogP contribution is -2.34. The Kier molecular flexibility index (Phi) is 4.17. The van der Waals surface area contributed by atoms with E-state index >= 15 is 0 Å². The summed E-state index contributed by atoms with van der Waals surface area (Å²) in [6.45, 7) is 5.82. The zero-order valence-electron chi connectivity index (χ0n) is 11.0. The maximum absolute atomic E-state index is 12.2. The first-order valence-corrected chi connectivity index (χ1v) is 7.27. The molecule has 2 N–H and O–H groups in total. The third kappa shape index (κ3) is 2.99. The van der Waals surface area contributed by atoms with Crippen LogP contribution < -0.4 is 5.73 Å². The molecule has 0 radical (unpaired) electrons. The van der Waals surface area contributed by atoms with Gasteiger partial charge in [-0.1, -0.05) is 6.07 Å². The van der Waals surface area contributed by atoms with Gasteiger partial charge in [-0.25, -0.2) is 0 Å². The molecule has 4 heteroatoms. The Labute approximate surface area is 113 Å². The van der Waals surface area contributed by atoms with E-state index in [2.05, 4.69) is 0 Å². The van der Waals surface area contributed by atoms with Gasteiger partial charge < -0.3 is 10.6 Å². The summed E-state index contributed by atoms with van der Waals surface area (Å²) in [5.74, 6) is 0.235. The fraction of sp³-hybridized carbons (Fsp3) is 0.500. The lowest BCUT2D eigenvalue weighted by atomic mass is 10.2. The van der Waals surface area contributed by atoms with E-state index in [1.54, 1.807) is 11.8 Å². The van der Waals surface area contributed by atoms with E-state index < -0.39 is 0 Å². The van der Waals surface area contributed by atoms with Crippen molar-refractivity contribution in [3.63, 3.8) is 0 Å². The molecule has 1 aromatic carbocycles. The summed E-state index contributed by atoms with van der Waals surface area (Å²) in [6, 6.07) is 5.95. The molecule has 0 spiro atoms. The van der Waals surface area contributed by atoms with Crippen molar-refractivity contribution >= 4 is 23.4 Å². The summed E-state index contributed by atoms with van der Waals surface area (Å²) in [5, 5.41) is -0.0628. The summed E-state index contributed by atoms with van der Waals surface area (Å²) >= 11 is 1.56. The number of hydrogen-bond acceptors (Lipinski definition) is 3. The number of carbonyl (C=O) groups excluding carboxylic acids is 1. The van der Waals surface area contributed by atoms with Crippen LogP contribution >= 0.6 is 11.8 Å². The topological polar surface area (TPSA) is 46.3 Å².